The van der Waals surface area contributed by atoms with Gasteiger partial charge in [-0.05, 0) is 23.8 Å². The van der Waals surface area contributed by atoms with Crippen LogP contribution in [0.2, 0.25) is 0 Å². The molecule has 5 rings (SSSR count). The van der Waals surface area contributed by atoms with Gasteiger partial charge in [0.05, 0.1) is 17.1 Å². The number of hydrogen-bond acceptors (Lipinski definition) is 7. The fourth-order valence-electron chi connectivity index (χ4n) is 3.66. The van der Waals surface area contributed by atoms with Crippen LogP contribution in [0.4, 0.5) is 5.82 Å². The number of aromatic nitrogens is 7. The molecule has 0 aliphatic rings. The van der Waals surface area contributed by atoms with Crippen molar-refractivity contribution in [1.82, 2.24) is 39.6 Å². The number of amides is 1. The predicted molar refractivity (Wildman–Crippen MR) is 124 cm³/mol. The highest BCUT2D eigenvalue weighted by molar-refractivity contribution is 5.95. The second-order valence-electron chi connectivity index (χ2n) is 7.57. The van der Waals surface area contributed by atoms with Gasteiger partial charge < -0.3 is 10.6 Å². The fraction of sp³-hybridized carbons (Fsp3) is 0.182. The molecule has 1 amide bonds. The molecule has 0 spiro atoms. The van der Waals surface area contributed by atoms with Crippen LogP contribution in [0.25, 0.3) is 33.3 Å². The number of hydrogen-bond donors (Lipinski definition) is 3. The summed E-state index contributed by atoms with van der Waals surface area (Å²) >= 11 is 0. The highest BCUT2D eigenvalue weighted by Crippen LogP contribution is 2.22. The smallest absolute Gasteiger partial charge is 0.327 e. The largest absolute Gasteiger partial charge is 0.368 e. The minimum absolute atomic E-state index is 0.184. The number of anilines is 1. The maximum absolute atomic E-state index is 12.7. The molecular formula is C22H21N9O2. The molecule has 11 nitrogen and oxygen atoms in total. The number of benzene rings is 1. The average Bonchev–Trinajstić information content (AvgIpc) is 3.36. The lowest BCUT2D eigenvalue weighted by Gasteiger charge is -2.09. The molecule has 3 N–H and O–H groups in total. The van der Waals surface area contributed by atoms with Crippen molar-refractivity contribution in [3.63, 3.8) is 0 Å². The number of fused-ring (bicyclic) bond motifs is 2. The molecule has 5 aromatic rings. The van der Waals surface area contributed by atoms with Gasteiger partial charge in [-0.1, -0.05) is 12.1 Å². The fourth-order valence-corrected chi connectivity index (χ4v) is 3.66. The normalized spacial score (nSPS) is 11.2. The van der Waals surface area contributed by atoms with Crippen LogP contribution in [-0.4, -0.2) is 53.3 Å². The van der Waals surface area contributed by atoms with E-state index in [4.69, 9.17) is 0 Å². The third-order valence-electron chi connectivity index (χ3n) is 5.45. The molecule has 166 valence electrons. The number of imidazole rings is 1. The first kappa shape index (κ1) is 20.4. The van der Waals surface area contributed by atoms with Crippen LogP contribution < -0.4 is 16.3 Å². The zero-order valence-corrected chi connectivity index (χ0v) is 18.0. The zero-order chi connectivity index (χ0) is 22.9. The Morgan fingerprint density at radius 3 is 2.82 bits per heavy atom. The summed E-state index contributed by atoms with van der Waals surface area (Å²) < 4.78 is 3.19. The molecule has 0 radical (unpaired) electrons. The van der Waals surface area contributed by atoms with E-state index < -0.39 is 0 Å². The summed E-state index contributed by atoms with van der Waals surface area (Å²) in [4.78, 5) is 40.0. The predicted octanol–water partition coefficient (Wildman–Crippen LogP) is 1.45. The Morgan fingerprint density at radius 2 is 1.94 bits per heavy atom. The standard InChI is InChI=1S/C22H21N9O2/c1-30-17-9-15(10-25-19(17)29-22(30)33)13-4-3-5-14(8-13)21(32)24-7-6-23-18-16-11-28-31(2)20(16)27-12-26-18/h3-5,8-12H,6-7H2,1-2H3,(H,24,32)(H,23,26,27)(H,25,29,33). The van der Waals surface area contributed by atoms with Crippen molar-refractivity contribution in [2.24, 2.45) is 14.1 Å². The summed E-state index contributed by atoms with van der Waals surface area (Å²) in [7, 11) is 3.51. The molecule has 0 aliphatic carbocycles. The molecule has 4 aromatic heterocycles. The third-order valence-corrected chi connectivity index (χ3v) is 5.45. The Morgan fingerprint density at radius 1 is 1.06 bits per heavy atom. The maximum atomic E-state index is 12.7. The summed E-state index contributed by atoms with van der Waals surface area (Å²) in [6.45, 7) is 0.905. The van der Waals surface area contributed by atoms with Gasteiger partial charge in [-0.25, -0.2) is 19.7 Å². The van der Waals surface area contributed by atoms with E-state index in [1.165, 1.54) is 10.9 Å². The summed E-state index contributed by atoms with van der Waals surface area (Å²) in [5.41, 5.74) is 3.93. The van der Waals surface area contributed by atoms with Crippen molar-refractivity contribution in [2.75, 3.05) is 18.4 Å². The lowest BCUT2D eigenvalue weighted by atomic mass is 10.0. The SMILES string of the molecule is Cn1ncc2c(NCCNC(=O)c3cccc(-c4cnc5[nH]c(=O)n(C)c5c4)c3)ncnc21. The van der Waals surface area contributed by atoms with Crippen molar-refractivity contribution < 1.29 is 4.79 Å². The minimum atomic E-state index is -0.220. The van der Waals surface area contributed by atoms with Gasteiger partial charge in [-0.15, -0.1) is 0 Å². The molecular weight excluding hydrogens is 422 g/mol. The van der Waals surface area contributed by atoms with Crippen LogP contribution in [0.1, 0.15) is 10.4 Å². The molecule has 1 aromatic carbocycles. The highest BCUT2D eigenvalue weighted by Gasteiger charge is 2.11. The Balaban J connectivity index is 1.25. The molecule has 0 fully saturated rings. The molecule has 0 aliphatic heterocycles. The van der Waals surface area contributed by atoms with Gasteiger partial charge in [0.25, 0.3) is 5.91 Å². The van der Waals surface area contributed by atoms with Crippen molar-refractivity contribution >= 4 is 33.9 Å². The number of carbonyl (C=O) groups is 1. The van der Waals surface area contributed by atoms with Gasteiger partial charge in [0, 0.05) is 44.5 Å². The van der Waals surface area contributed by atoms with E-state index in [-0.39, 0.29) is 11.6 Å². The molecule has 0 saturated carbocycles. The van der Waals surface area contributed by atoms with Gasteiger partial charge >= 0.3 is 5.69 Å². The van der Waals surface area contributed by atoms with E-state index in [2.05, 4.69) is 35.7 Å². The zero-order valence-electron chi connectivity index (χ0n) is 18.0. The number of rotatable bonds is 6. The molecule has 0 saturated heterocycles. The summed E-state index contributed by atoms with van der Waals surface area (Å²) in [6.07, 6.45) is 4.87. The van der Waals surface area contributed by atoms with Crippen molar-refractivity contribution in [3.8, 4) is 11.1 Å². The molecule has 0 atom stereocenters. The number of carbonyl (C=O) groups excluding carboxylic acids is 1. The van der Waals surface area contributed by atoms with Crippen LogP contribution in [0.15, 0.2) is 53.8 Å². The van der Waals surface area contributed by atoms with E-state index >= 15 is 0 Å². The number of nitrogens with zero attached hydrogens (tertiary/aromatic N) is 6. The van der Waals surface area contributed by atoms with Gasteiger partial charge in [0.2, 0.25) is 0 Å². The summed E-state index contributed by atoms with van der Waals surface area (Å²) in [5, 5.41) is 11.1. The van der Waals surface area contributed by atoms with Crippen LogP contribution in [0, 0.1) is 0 Å². The average molecular weight is 443 g/mol. The third kappa shape index (κ3) is 3.80. The van der Waals surface area contributed by atoms with Gasteiger partial charge in [-0.3, -0.25) is 19.0 Å². The number of aromatic amines is 1. The number of pyridine rings is 1. The number of aryl methyl sites for hydroxylation is 2. The van der Waals surface area contributed by atoms with Gasteiger partial charge in [0.15, 0.2) is 11.3 Å². The van der Waals surface area contributed by atoms with Crippen molar-refractivity contribution in [2.45, 2.75) is 0 Å². The first-order valence-corrected chi connectivity index (χ1v) is 10.3. The van der Waals surface area contributed by atoms with Crippen molar-refractivity contribution in [1.29, 1.82) is 0 Å². The second kappa shape index (κ2) is 8.19. The van der Waals surface area contributed by atoms with E-state index in [1.54, 1.807) is 36.3 Å². The molecule has 33 heavy (non-hydrogen) atoms. The summed E-state index contributed by atoms with van der Waals surface area (Å²) in [5.74, 6) is 0.488. The van der Waals surface area contributed by atoms with E-state index in [1.807, 2.05) is 25.2 Å². The van der Waals surface area contributed by atoms with E-state index in [9.17, 15) is 9.59 Å². The number of nitrogens with one attached hydrogen (secondary N) is 3. The lowest BCUT2D eigenvalue weighted by Crippen LogP contribution is -2.28. The maximum Gasteiger partial charge on any atom is 0.327 e. The van der Waals surface area contributed by atoms with Crippen molar-refractivity contribution in [3.05, 3.63) is 65.1 Å². The van der Waals surface area contributed by atoms with Crippen LogP contribution >= 0.6 is 0 Å². The van der Waals surface area contributed by atoms with E-state index in [0.717, 1.165) is 22.2 Å². The Bertz CT molecular complexity index is 1550. The number of H-pyrrole nitrogens is 1. The first-order chi connectivity index (χ1) is 16.0. The molecule has 4 heterocycles. The second-order valence-corrected chi connectivity index (χ2v) is 7.57. The van der Waals surface area contributed by atoms with Crippen LogP contribution in [0.5, 0.6) is 0 Å². The molecule has 0 bridgehead atoms. The van der Waals surface area contributed by atoms with Crippen LogP contribution in [-0.2, 0) is 14.1 Å². The topological polar surface area (TPSA) is 135 Å². The minimum Gasteiger partial charge on any atom is -0.368 e. The highest BCUT2D eigenvalue weighted by atomic mass is 16.2. The Hall–Kier alpha value is -4.54. The van der Waals surface area contributed by atoms with Crippen LogP contribution in [0.3, 0.4) is 0 Å². The van der Waals surface area contributed by atoms with Gasteiger partial charge in [-0.2, -0.15) is 5.10 Å². The summed E-state index contributed by atoms with van der Waals surface area (Å²) in [6, 6.07) is 9.17. The monoisotopic (exact) mass is 443 g/mol. The van der Waals surface area contributed by atoms with Gasteiger partial charge in [0.1, 0.15) is 12.1 Å². The lowest BCUT2D eigenvalue weighted by molar-refractivity contribution is 0.0955. The Kier molecular flexibility index (Phi) is 5.05. The first-order valence-electron chi connectivity index (χ1n) is 10.3. The molecule has 11 heteroatoms. The molecule has 0 unspecified atom stereocenters. The Labute approximate surface area is 187 Å². The quantitative estimate of drug-likeness (QED) is 0.338. The van der Waals surface area contributed by atoms with E-state index in [0.29, 0.717) is 35.6 Å².